The van der Waals surface area contributed by atoms with Gasteiger partial charge in [-0.3, -0.25) is 14.4 Å². The van der Waals surface area contributed by atoms with Crippen LogP contribution in [0.3, 0.4) is 0 Å². The maximum Gasteiger partial charge on any atom is 0.337 e. The molecular weight excluding hydrogens is 512 g/mol. The number of imide groups is 1. The summed E-state index contributed by atoms with van der Waals surface area (Å²) in [5.41, 5.74) is 1.33. The summed E-state index contributed by atoms with van der Waals surface area (Å²) in [4.78, 5) is 50.5. The van der Waals surface area contributed by atoms with Gasteiger partial charge in [0.25, 0.3) is 17.7 Å². The van der Waals surface area contributed by atoms with Crippen molar-refractivity contribution in [2.24, 2.45) is 0 Å². The molecule has 11 heteroatoms. The normalized spacial score (nSPS) is 13.2. The molecule has 3 aromatic carbocycles. The van der Waals surface area contributed by atoms with E-state index < -0.39 is 29.5 Å². The van der Waals surface area contributed by atoms with Gasteiger partial charge < -0.3 is 15.4 Å². The number of amides is 3. The lowest BCUT2D eigenvalue weighted by Gasteiger charge is -2.15. The summed E-state index contributed by atoms with van der Waals surface area (Å²) in [6.45, 7) is 0. The van der Waals surface area contributed by atoms with Crippen molar-refractivity contribution in [1.82, 2.24) is 0 Å². The maximum atomic E-state index is 13.3. The minimum atomic E-state index is -0.732. The zero-order valence-corrected chi connectivity index (χ0v) is 20.0. The molecular formula is C25H16Cl2FN3O5. The van der Waals surface area contributed by atoms with Crippen molar-refractivity contribution in [3.8, 4) is 0 Å². The Morgan fingerprint density at radius 3 is 2.08 bits per heavy atom. The van der Waals surface area contributed by atoms with Crippen LogP contribution < -0.4 is 15.5 Å². The number of hydrogen-bond acceptors (Lipinski definition) is 6. The maximum absolute atomic E-state index is 13.3. The first-order valence-electron chi connectivity index (χ1n) is 10.3. The molecule has 0 aliphatic carbocycles. The Balaban J connectivity index is 1.46. The standard InChI is InChI=1S/C25H16Cl2FN3O5/c1-36-25(35)14-4-9-17(10-5-14)31-23(33)20(27)21(24(31)34)29-15-6-2-13(3-7-15)22(32)30-16-8-11-19(28)18(26)12-16/h2-12,29H,1H3,(H,30,32). The quantitative estimate of drug-likeness (QED) is 0.347. The minimum absolute atomic E-state index is 0.123. The molecule has 1 aliphatic heterocycles. The third-order valence-corrected chi connectivity index (χ3v) is 5.81. The summed E-state index contributed by atoms with van der Waals surface area (Å²) in [7, 11) is 1.24. The fourth-order valence-electron chi connectivity index (χ4n) is 3.34. The Labute approximate surface area is 214 Å². The Morgan fingerprint density at radius 1 is 0.861 bits per heavy atom. The summed E-state index contributed by atoms with van der Waals surface area (Å²) in [5, 5.41) is 4.98. The third-order valence-electron chi connectivity index (χ3n) is 5.17. The lowest BCUT2D eigenvalue weighted by atomic mass is 10.2. The predicted octanol–water partition coefficient (Wildman–Crippen LogP) is 4.95. The average Bonchev–Trinajstić information content (AvgIpc) is 3.09. The van der Waals surface area contributed by atoms with E-state index in [-0.39, 0.29) is 32.6 Å². The van der Waals surface area contributed by atoms with Gasteiger partial charge in [-0.2, -0.15) is 0 Å². The summed E-state index contributed by atoms with van der Waals surface area (Å²) >= 11 is 11.9. The van der Waals surface area contributed by atoms with E-state index in [2.05, 4.69) is 15.4 Å². The highest BCUT2D eigenvalue weighted by molar-refractivity contribution is 6.53. The van der Waals surface area contributed by atoms with Gasteiger partial charge in [0.2, 0.25) is 0 Å². The molecule has 0 atom stereocenters. The number of rotatable bonds is 6. The second-order valence-electron chi connectivity index (χ2n) is 7.46. The van der Waals surface area contributed by atoms with Crippen LogP contribution in [0.5, 0.6) is 0 Å². The van der Waals surface area contributed by atoms with Crippen LogP contribution in [0.15, 0.2) is 77.5 Å². The van der Waals surface area contributed by atoms with E-state index in [1.165, 1.54) is 67.8 Å². The summed E-state index contributed by atoms with van der Waals surface area (Å²) in [6, 6.07) is 15.5. The van der Waals surface area contributed by atoms with E-state index in [9.17, 15) is 23.6 Å². The zero-order valence-electron chi connectivity index (χ0n) is 18.5. The van der Waals surface area contributed by atoms with Crippen LogP contribution in [-0.4, -0.2) is 30.8 Å². The number of hydrogen-bond donors (Lipinski definition) is 2. The van der Waals surface area contributed by atoms with Crippen molar-refractivity contribution < 1.29 is 28.3 Å². The second kappa shape index (κ2) is 10.2. The summed E-state index contributed by atoms with van der Waals surface area (Å²) < 4.78 is 17.9. The first-order chi connectivity index (χ1) is 17.2. The molecule has 8 nitrogen and oxygen atoms in total. The van der Waals surface area contributed by atoms with Crippen LogP contribution in [0.4, 0.5) is 21.5 Å². The van der Waals surface area contributed by atoms with Gasteiger partial charge in [0.15, 0.2) is 0 Å². The zero-order chi connectivity index (χ0) is 26.0. The molecule has 0 radical (unpaired) electrons. The minimum Gasteiger partial charge on any atom is -0.465 e. The molecule has 0 aromatic heterocycles. The summed E-state index contributed by atoms with van der Waals surface area (Å²) in [6.07, 6.45) is 0. The Morgan fingerprint density at radius 2 is 1.47 bits per heavy atom. The Hall–Kier alpha value is -4.21. The number of benzene rings is 3. The van der Waals surface area contributed by atoms with Gasteiger partial charge in [-0.1, -0.05) is 23.2 Å². The highest BCUT2D eigenvalue weighted by Crippen LogP contribution is 2.30. The molecule has 4 rings (SSSR count). The van der Waals surface area contributed by atoms with Gasteiger partial charge in [-0.25, -0.2) is 14.1 Å². The fraction of sp³-hybridized carbons (Fsp3) is 0.0400. The number of esters is 1. The second-order valence-corrected chi connectivity index (χ2v) is 8.24. The van der Waals surface area contributed by atoms with Crippen LogP contribution >= 0.6 is 23.2 Å². The number of ether oxygens (including phenoxy) is 1. The van der Waals surface area contributed by atoms with Crippen molar-refractivity contribution in [3.05, 3.63) is 99.4 Å². The topological polar surface area (TPSA) is 105 Å². The van der Waals surface area contributed by atoms with E-state index in [1.54, 1.807) is 0 Å². The van der Waals surface area contributed by atoms with E-state index in [1.807, 2.05) is 0 Å². The van der Waals surface area contributed by atoms with Gasteiger partial charge >= 0.3 is 5.97 Å². The molecule has 2 N–H and O–H groups in total. The average molecular weight is 528 g/mol. The molecule has 3 aromatic rings. The predicted molar refractivity (Wildman–Crippen MR) is 133 cm³/mol. The molecule has 0 fully saturated rings. The number of nitrogens with zero attached hydrogens (tertiary/aromatic N) is 1. The van der Waals surface area contributed by atoms with E-state index in [0.717, 1.165) is 11.0 Å². The number of nitrogens with one attached hydrogen (secondary N) is 2. The monoisotopic (exact) mass is 527 g/mol. The van der Waals surface area contributed by atoms with Crippen LogP contribution in [0.1, 0.15) is 20.7 Å². The number of methoxy groups -OCH3 is 1. The van der Waals surface area contributed by atoms with Crippen molar-refractivity contribution in [3.63, 3.8) is 0 Å². The molecule has 0 bridgehead atoms. The van der Waals surface area contributed by atoms with E-state index >= 15 is 0 Å². The van der Waals surface area contributed by atoms with Gasteiger partial charge in [-0.15, -0.1) is 0 Å². The lowest BCUT2D eigenvalue weighted by molar-refractivity contribution is -0.120. The van der Waals surface area contributed by atoms with Crippen LogP contribution in [0.25, 0.3) is 0 Å². The van der Waals surface area contributed by atoms with Crippen molar-refractivity contribution >= 4 is 64.0 Å². The highest BCUT2D eigenvalue weighted by Gasteiger charge is 2.39. The molecule has 3 amide bonds. The third kappa shape index (κ3) is 4.93. The highest BCUT2D eigenvalue weighted by atomic mass is 35.5. The van der Waals surface area contributed by atoms with Gasteiger partial charge in [0, 0.05) is 16.9 Å². The molecule has 0 saturated heterocycles. The molecule has 0 spiro atoms. The fourth-order valence-corrected chi connectivity index (χ4v) is 3.73. The molecule has 36 heavy (non-hydrogen) atoms. The number of carbonyl (C=O) groups is 4. The molecule has 1 heterocycles. The lowest BCUT2D eigenvalue weighted by Crippen LogP contribution is -2.32. The molecule has 1 aliphatic rings. The SMILES string of the molecule is COC(=O)c1ccc(N2C(=O)C(Cl)=C(Nc3ccc(C(=O)Nc4ccc(F)c(Cl)c4)cc3)C2=O)cc1. The number of anilines is 3. The largest absolute Gasteiger partial charge is 0.465 e. The first kappa shape index (κ1) is 24.9. The van der Waals surface area contributed by atoms with Crippen molar-refractivity contribution in [2.45, 2.75) is 0 Å². The summed E-state index contributed by atoms with van der Waals surface area (Å²) in [5.74, 6) is -3.04. The Bertz CT molecular complexity index is 1420. The Kier molecular flexibility index (Phi) is 7.05. The van der Waals surface area contributed by atoms with Crippen LogP contribution in [0, 0.1) is 5.82 Å². The van der Waals surface area contributed by atoms with Gasteiger partial charge in [-0.05, 0) is 66.7 Å². The van der Waals surface area contributed by atoms with Crippen molar-refractivity contribution in [1.29, 1.82) is 0 Å². The van der Waals surface area contributed by atoms with Crippen LogP contribution in [-0.2, 0) is 14.3 Å². The smallest absolute Gasteiger partial charge is 0.337 e. The number of carbonyl (C=O) groups excluding carboxylic acids is 4. The first-order valence-corrected chi connectivity index (χ1v) is 11.1. The molecule has 0 saturated carbocycles. The molecule has 182 valence electrons. The van der Waals surface area contributed by atoms with E-state index in [0.29, 0.717) is 11.4 Å². The van der Waals surface area contributed by atoms with Gasteiger partial charge in [0.1, 0.15) is 16.5 Å². The number of halogens is 3. The van der Waals surface area contributed by atoms with Crippen LogP contribution in [0.2, 0.25) is 5.02 Å². The van der Waals surface area contributed by atoms with E-state index in [4.69, 9.17) is 23.2 Å². The van der Waals surface area contributed by atoms with Gasteiger partial charge in [0.05, 0.1) is 23.4 Å². The molecule has 0 unspecified atom stereocenters. The van der Waals surface area contributed by atoms with Crippen molar-refractivity contribution in [2.75, 3.05) is 22.6 Å².